The van der Waals surface area contributed by atoms with Gasteiger partial charge in [-0.1, -0.05) is 26.0 Å². The quantitative estimate of drug-likeness (QED) is 0.255. The molecule has 33 heavy (non-hydrogen) atoms. The fraction of sp³-hybridized carbons (Fsp3) is 0.318. The van der Waals surface area contributed by atoms with Crippen LogP contribution in [-0.4, -0.2) is 53.7 Å². The molecule has 0 fully saturated rings. The van der Waals surface area contributed by atoms with Gasteiger partial charge in [0.05, 0.1) is 32.4 Å². The lowest BCUT2D eigenvalue weighted by molar-refractivity contribution is -0.119. The zero-order valence-corrected chi connectivity index (χ0v) is 19.9. The molecule has 0 bridgehead atoms. The first kappa shape index (κ1) is 25.7. The van der Waals surface area contributed by atoms with Gasteiger partial charge in [0.15, 0.2) is 11.5 Å². The summed E-state index contributed by atoms with van der Waals surface area (Å²) in [6.45, 7) is 3.63. The van der Waals surface area contributed by atoms with E-state index in [1.165, 1.54) is 32.6 Å². The number of rotatable bonds is 9. The lowest BCUT2D eigenvalue weighted by Gasteiger charge is -2.21. The summed E-state index contributed by atoms with van der Waals surface area (Å²) in [4.78, 5) is 23.6. The molecule has 0 aliphatic carbocycles. The summed E-state index contributed by atoms with van der Waals surface area (Å²) < 4.78 is 40.0. The lowest BCUT2D eigenvalue weighted by atomic mass is 10.0. The highest BCUT2D eigenvalue weighted by atomic mass is 32.2. The molecule has 0 unspecified atom stereocenters. The Kier molecular flexibility index (Phi) is 8.80. The highest BCUT2D eigenvalue weighted by molar-refractivity contribution is 7.92. The van der Waals surface area contributed by atoms with Crippen molar-refractivity contribution in [2.24, 2.45) is 5.10 Å². The van der Waals surface area contributed by atoms with E-state index in [0.29, 0.717) is 17.2 Å². The molecule has 2 aromatic carbocycles. The SMILES string of the molecule is COC(=O)Oc1ccc(/C=N\NC(=O)CN(c2ccc(C(C)C)cc2)S(C)(=O)=O)cc1OC. The van der Waals surface area contributed by atoms with Crippen molar-refractivity contribution in [1.82, 2.24) is 5.43 Å². The third kappa shape index (κ3) is 7.49. The van der Waals surface area contributed by atoms with Crippen molar-refractivity contribution in [1.29, 1.82) is 0 Å². The van der Waals surface area contributed by atoms with Crippen molar-refractivity contribution in [2.45, 2.75) is 19.8 Å². The topological polar surface area (TPSA) is 124 Å². The normalized spacial score (nSPS) is 11.3. The molecule has 11 heteroatoms. The number of nitrogens with zero attached hydrogens (tertiary/aromatic N) is 2. The van der Waals surface area contributed by atoms with Crippen LogP contribution in [0.5, 0.6) is 11.5 Å². The van der Waals surface area contributed by atoms with Crippen LogP contribution in [0.25, 0.3) is 0 Å². The van der Waals surface area contributed by atoms with Crippen molar-refractivity contribution in [3.8, 4) is 11.5 Å². The standard InChI is InChI=1S/C22H27N3O7S/c1-15(2)17-7-9-18(10-8-17)25(33(5,28)29)14-21(26)24-23-13-16-6-11-19(20(12-16)30-3)32-22(27)31-4/h6-13,15H,14H2,1-5H3,(H,24,26)/b23-13-. The van der Waals surface area contributed by atoms with Gasteiger partial charge < -0.3 is 14.2 Å². The Morgan fingerprint density at radius 3 is 2.30 bits per heavy atom. The minimum Gasteiger partial charge on any atom is -0.493 e. The van der Waals surface area contributed by atoms with Crippen LogP contribution >= 0.6 is 0 Å². The fourth-order valence-corrected chi connectivity index (χ4v) is 3.61. The van der Waals surface area contributed by atoms with Crippen LogP contribution in [0.4, 0.5) is 10.5 Å². The Bertz CT molecular complexity index is 1110. The number of anilines is 1. The van der Waals surface area contributed by atoms with Crippen molar-refractivity contribution in [3.05, 3.63) is 53.6 Å². The van der Waals surface area contributed by atoms with E-state index in [-0.39, 0.29) is 11.5 Å². The van der Waals surface area contributed by atoms with Crippen LogP contribution in [0.3, 0.4) is 0 Å². The largest absolute Gasteiger partial charge is 0.513 e. The number of sulfonamides is 1. The lowest BCUT2D eigenvalue weighted by Crippen LogP contribution is -2.39. The minimum atomic E-state index is -3.70. The van der Waals surface area contributed by atoms with Crippen LogP contribution < -0.4 is 19.2 Å². The van der Waals surface area contributed by atoms with Crippen LogP contribution in [0.2, 0.25) is 0 Å². The number of hydrogen-bond acceptors (Lipinski definition) is 8. The van der Waals surface area contributed by atoms with Crippen LogP contribution in [0, 0.1) is 0 Å². The zero-order chi connectivity index (χ0) is 24.6. The van der Waals surface area contributed by atoms with Crippen LogP contribution in [0.1, 0.15) is 30.9 Å². The molecule has 0 atom stereocenters. The van der Waals surface area contributed by atoms with E-state index < -0.39 is 28.6 Å². The molecule has 0 radical (unpaired) electrons. The Morgan fingerprint density at radius 2 is 1.76 bits per heavy atom. The van der Waals surface area contributed by atoms with Gasteiger partial charge in [-0.3, -0.25) is 9.10 Å². The number of methoxy groups -OCH3 is 2. The van der Waals surface area contributed by atoms with Crippen molar-refractivity contribution in [2.75, 3.05) is 31.3 Å². The van der Waals surface area contributed by atoms with Gasteiger partial charge in [0, 0.05) is 0 Å². The van der Waals surface area contributed by atoms with E-state index in [1.54, 1.807) is 18.2 Å². The summed E-state index contributed by atoms with van der Waals surface area (Å²) in [6, 6.07) is 11.6. The highest BCUT2D eigenvalue weighted by Crippen LogP contribution is 2.28. The van der Waals surface area contributed by atoms with Gasteiger partial charge in [-0.15, -0.1) is 0 Å². The van der Waals surface area contributed by atoms with Crippen molar-refractivity contribution >= 4 is 34.0 Å². The van der Waals surface area contributed by atoms with Crippen molar-refractivity contribution < 1.29 is 32.2 Å². The molecule has 0 aliphatic rings. The Labute approximate surface area is 193 Å². The van der Waals surface area contributed by atoms with E-state index >= 15 is 0 Å². The number of hydrogen-bond donors (Lipinski definition) is 1. The molecule has 0 spiro atoms. The molecule has 1 amide bonds. The second kappa shape index (κ2) is 11.3. The summed E-state index contributed by atoms with van der Waals surface area (Å²) >= 11 is 0. The number of nitrogens with one attached hydrogen (secondary N) is 1. The minimum absolute atomic E-state index is 0.151. The fourth-order valence-electron chi connectivity index (χ4n) is 2.75. The molecule has 0 heterocycles. The number of carbonyl (C=O) groups excluding carboxylic acids is 2. The molecular formula is C22H27N3O7S. The predicted molar refractivity (Wildman–Crippen MR) is 124 cm³/mol. The molecule has 0 aromatic heterocycles. The predicted octanol–water partition coefficient (Wildman–Crippen LogP) is 2.88. The Balaban J connectivity index is 2.08. The average Bonchev–Trinajstić information content (AvgIpc) is 2.77. The van der Waals surface area contributed by atoms with E-state index in [1.807, 2.05) is 26.0 Å². The number of benzene rings is 2. The summed E-state index contributed by atoms with van der Waals surface area (Å²) in [5, 5.41) is 3.86. The maximum atomic E-state index is 12.3. The van der Waals surface area contributed by atoms with Gasteiger partial charge in [0.1, 0.15) is 6.54 Å². The van der Waals surface area contributed by atoms with Gasteiger partial charge in [0.2, 0.25) is 10.0 Å². The third-order valence-electron chi connectivity index (χ3n) is 4.49. The first-order chi connectivity index (χ1) is 15.5. The zero-order valence-electron chi connectivity index (χ0n) is 19.1. The molecule has 2 aromatic rings. The molecule has 0 saturated carbocycles. The molecule has 10 nitrogen and oxygen atoms in total. The first-order valence-electron chi connectivity index (χ1n) is 9.88. The van der Waals surface area contributed by atoms with Gasteiger partial charge in [-0.05, 0) is 47.4 Å². The Morgan fingerprint density at radius 1 is 1.09 bits per heavy atom. The van der Waals surface area contributed by atoms with Gasteiger partial charge >= 0.3 is 6.16 Å². The molecule has 2 rings (SSSR count). The summed E-state index contributed by atoms with van der Waals surface area (Å²) in [6.07, 6.45) is 1.48. The van der Waals surface area contributed by atoms with E-state index in [4.69, 9.17) is 9.47 Å². The number of ether oxygens (including phenoxy) is 3. The van der Waals surface area contributed by atoms with E-state index in [0.717, 1.165) is 16.1 Å². The number of amides is 1. The molecule has 0 saturated heterocycles. The first-order valence-corrected chi connectivity index (χ1v) is 11.7. The second-order valence-electron chi connectivity index (χ2n) is 7.28. The third-order valence-corrected chi connectivity index (χ3v) is 5.63. The monoisotopic (exact) mass is 477 g/mol. The van der Waals surface area contributed by atoms with E-state index in [2.05, 4.69) is 15.3 Å². The number of carbonyl (C=O) groups is 2. The summed E-state index contributed by atoms with van der Waals surface area (Å²) in [7, 11) is -1.11. The van der Waals surface area contributed by atoms with Gasteiger partial charge in [-0.2, -0.15) is 5.10 Å². The van der Waals surface area contributed by atoms with Crippen LogP contribution in [0.15, 0.2) is 47.6 Å². The smallest absolute Gasteiger partial charge is 0.493 e. The second-order valence-corrected chi connectivity index (χ2v) is 9.18. The molecule has 178 valence electrons. The maximum absolute atomic E-state index is 12.3. The maximum Gasteiger partial charge on any atom is 0.513 e. The molecule has 0 aliphatic heterocycles. The average molecular weight is 478 g/mol. The van der Waals surface area contributed by atoms with Gasteiger partial charge in [0.25, 0.3) is 5.91 Å². The number of hydrazone groups is 1. The summed E-state index contributed by atoms with van der Waals surface area (Å²) in [5.74, 6) is 0.0758. The highest BCUT2D eigenvalue weighted by Gasteiger charge is 2.21. The molecule has 1 N–H and O–H groups in total. The van der Waals surface area contributed by atoms with Crippen molar-refractivity contribution in [3.63, 3.8) is 0 Å². The summed E-state index contributed by atoms with van der Waals surface area (Å²) in [5.41, 5.74) is 4.28. The van der Waals surface area contributed by atoms with Crippen LogP contribution in [-0.2, 0) is 19.6 Å². The Hall–Kier alpha value is -3.60. The molecular weight excluding hydrogens is 450 g/mol. The van der Waals surface area contributed by atoms with E-state index in [9.17, 15) is 18.0 Å². The van der Waals surface area contributed by atoms with Gasteiger partial charge in [-0.25, -0.2) is 18.6 Å².